The second-order valence-corrected chi connectivity index (χ2v) is 8.74. The highest BCUT2D eigenvalue weighted by atomic mass is 127. The number of hydrogen-bond donors (Lipinski definition) is 1. The molecule has 0 atom stereocenters. The van der Waals surface area contributed by atoms with Gasteiger partial charge in [-0.05, 0) is 35.4 Å². The van der Waals surface area contributed by atoms with Gasteiger partial charge in [0.25, 0.3) is 0 Å². The Morgan fingerprint density at radius 3 is 2.45 bits per heavy atom. The maximum Gasteiger partial charge on any atom is 0.143 e. The molecule has 5 heteroatoms. The monoisotopic (exact) mass is 405 g/mol. The fraction of sp³-hybridized carbons (Fsp3) is 0.733. The van der Waals surface area contributed by atoms with Crippen LogP contribution < -0.4 is 5.32 Å². The van der Waals surface area contributed by atoms with Gasteiger partial charge < -0.3 is 5.32 Å². The minimum atomic E-state index is 0.0534. The maximum absolute atomic E-state index is 4.83. The number of hydrogen-bond acceptors (Lipinski definition) is 4. The van der Waals surface area contributed by atoms with Gasteiger partial charge in [-0.1, -0.05) is 33.6 Å². The molecule has 1 aliphatic carbocycles. The summed E-state index contributed by atoms with van der Waals surface area (Å²) in [5, 5.41) is 4.02. The molecule has 1 aromatic heterocycles. The molecule has 0 saturated heterocycles. The van der Waals surface area contributed by atoms with Gasteiger partial charge >= 0.3 is 0 Å². The summed E-state index contributed by atoms with van der Waals surface area (Å²) in [7, 11) is 1.94. The number of nitrogens with zero attached hydrogens (tertiary/aromatic N) is 2. The first-order valence-corrected chi connectivity index (χ1v) is 9.41. The molecule has 0 bridgehead atoms. The predicted molar refractivity (Wildman–Crippen MR) is 96.5 cm³/mol. The van der Waals surface area contributed by atoms with Crippen molar-refractivity contribution in [2.24, 2.45) is 0 Å². The van der Waals surface area contributed by atoms with E-state index in [1.807, 2.05) is 18.8 Å². The van der Waals surface area contributed by atoms with Crippen LogP contribution in [0.25, 0.3) is 0 Å². The molecule has 1 heterocycles. The highest BCUT2D eigenvalue weighted by Crippen LogP contribution is 2.33. The summed E-state index contributed by atoms with van der Waals surface area (Å²) in [6.07, 6.45) is 5.50. The predicted octanol–water partition coefficient (Wildman–Crippen LogP) is 4.60. The van der Waals surface area contributed by atoms with Crippen molar-refractivity contribution in [3.8, 4) is 0 Å². The summed E-state index contributed by atoms with van der Waals surface area (Å²) >= 11 is 4.38. The average Bonchev–Trinajstić information content (AvgIpc) is 2.89. The van der Waals surface area contributed by atoms with Crippen LogP contribution in [-0.4, -0.2) is 22.3 Å². The molecule has 1 saturated carbocycles. The standard InChI is InChI=1S/C15H24IN3S/c1-15(2,3)13-12(16)14(17-4)19-11(18-13)9-20-10-7-5-6-8-10/h10H,5-9H2,1-4H3,(H,17,18,19). The van der Waals surface area contributed by atoms with Gasteiger partial charge in [0, 0.05) is 17.7 Å². The van der Waals surface area contributed by atoms with Crippen LogP contribution >= 0.6 is 34.4 Å². The molecule has 0 radical (unpaired) electrons. The lowest BCUT2D eigenvalue weighted by molar-refractivity contribution is 0.560. The van der Waals surface area contributed by atoms with Crippen molar-refractivity contribution in [2.45, 2.75) is 62.9 Å². The zero-order chi connectivity index (χ0) is 14.8. The van der Waals surface area contributed by atoms with E-state index in [-0.39, 0.29) is 5.41 Å². The molecule has 0 amide bonds. The number of nitrogens with one attached hydrogen (secondary N) is 1. The zero-order valence-electron chi connectivity index (χ0n) is 12.8. The molecule has 3 nitrogen and oxygen atoms in total. The Labute approximate surface area is 140 Å². The molecular weight excluding hydrogens is 381 g/mol. The average molecular weight is 405 g/mol. The normalized spacial score (nSPS) is 16.6. The van der Waals surface area contributed by atoms with Gasteiger partial charge in [0.15, 0.2) is 0 Å². The van der Waals surface area contributed by atoms with Crippen molar-refractivity contribution >= 4 is 40.2 Å². The summed E-state index contributed by atoms with van der Waals surface area (Å²) in [5.74, 6) is 2.86. The fourth-order valence-corrected chi connectivity index (χ4v) is 4.97. The van der Waals surface area contributed by atoms with E-state index < -0.39 is 0 Å². The third-order valence-electron chi connectivity index (χ3n) is 3.60. The Balaban J connectivity index is 2.19. The first-order valence-electron chi connectivity index (χ1n) is 7.28. The number of anilines is 1. The van der Waals surface area contributed by atoms with Gasteiger partial charge in [-0.25, -0.2) is 9.97 Å². The van der Waals surface area contributed by atoms with Gasteiger partial charge in [-0.15, -0.1) is 0 Å². The molecule has 0 unspecified atom stereocenters. The number of thioether (sulfide) groups is 1. The second kappa shape index (κ2) is 6.81. The Morgan fingerprint density at radius 2 is 1.90 bits per heavy atom. The second-order valence-electron chi connectivity index (χ2n) is 6.37. The molecule has 0 spiro atoms. The van der Waals surface area contributed by atoms with E-state index in [0.29, 0.717) is 0 Å². The lowest BCUT2D eigenvalue weighted by Crippen LogP contribution is -2.19. The largest absolute Gasteiger partial charge is 0.372 e. The smallest absolute Gasteiger partial charge is 0.143 e. The molecule has 1 N–H and O–H groups in total. The molecule has 1 aliphatic rings. The molecular formula is C15H24IN3S. The van der Waals surface area contributed by atoms with Crippen molar-refractivity contribution in [3.63, 3.8) is 0 Å². The maximum atomic E-state index is 4.83. The third kappa shape index (κ3) is 4.00. The van der Waals surface area contributed by atoms with E-state index >= 15 is 0 Å². The topological polar surface area (TPSA) is 37.8 Å². The van der Waals surface area contributed by atoms with Crippen molar-refractivity contribution in [1.29, 1.82) is 0 Å². The Bertz CT molecular complexity index is 465. The van der Waals surface area contributed by atoms with E-state index in [9.17, 15) is 0 Å². The van der Waals surface area contributed by atoms with Crippen LogP contribution in [0.5, 0.6) is 0 Å². The first-order chi connectivity index (χ1) is 9.41. The highest BCUT2D eigenvalue weighted by Gasteiger charge is 2.23. The Morgan fingerprint density at radius 1 is 1.25 bits per heavy atom. The Hall–Kier alpha value is -0.0400. The van der Waals surface area contributed by atoms with E-state index in [4.69, 9.17) is 4.98 Å². The highest BCUT2D eigenvalue weighted by molar-refractivity contribution is 14.1. The summed E-state index contributed by atoms with van der Waals surface area (Å²) in [6.45, 7) is 6.64. The minimum Gasteiger partial charge on any atom is -0.372 e. The van der Waals surface area contributed by atoms with Gasteiger partial charge in [-0.2, -0.15) is 11.8 Å². The molecule has 112 valence electrons. The third-order valence-corrected chi connectivity index (χ3v) is 5.98. The van der Waals surface area contributed by atoms with E-state index in [2.05, 4.69) is 53.7 Å². The zero-order valence-corrected chi connectivity index (χ0v) is 15.8. The van der Waals surface area contributed by atoms with Gasteiger partial charge in [-0.3, -0.25) is 0 Å². The number of halogens is 1. The summed E-state index contributed by atoms with van der Waals surface area (Å²) < 4.78 is 1.15. The quantitative estimate of drug-likeness (QED) is 0.744. The van der Waals surface area contributed by atoms with Crippen LogP contribution in [0.3, 0.4) is 0 Å². The van der Waals surface area contributed by atoms with Crippen LogP contribution in [-0.2, 0) is 11.2 Å². The molecule has 20 heavy (non-hydrogen) atoms. The molecule has 1 fully saturated rings. The summed E-state index contributed by atoms with van der Waals surface area (Å²) in [5.41, 5.74) is 1.21. The molecule has 2 rings (SSSR count). The van der Waals surface area contributed by atoms with Crippen LogP contribution in [0.15, 0.2) is 0 Å². The van der Waals surface area contributed by atoms with Crippen molar-refractivity contribution in [2.75, 3.05) is 12.4 Å². The molecule has 0 aliphatic heterocycles. The van der Waals surface area contributed by atoms with E-state index in [0.717, 1.165) is 31.9 Å². The minimum absolute atomic E-state index is 0.0534. The van der Waals surface area contributed by atoms with E-state index in [1.165, 1.54) is 25.7 Å². The van der Waals surface area contributed by atoms with Gasteiger partial charge in [0.05, 0.1) is 15.0 Å². The van der Waals surface area contributed by atoms with Gasteiger partial charge in [0.2, 0.25) is 0 Å². The summed E-state index contributed by atoms with van der Waals surface area (Å²) in [4.78, 5) is 9.51. The van der Waals surface area contributed by atoms with Crippen molar-refractivity contribution in [3.05, 3.63) is 15.1 Å². The lowest BCUT2D eigenvalue weighted by atomic mass is 9.92. The van der Waals surface area contributed by atoms with Crippen LogP contribution in [0.2, 0.25) is 0 Å². The summed E-state index contributed by atoms with van der Waals surface area (Å²) in [6, 6.07) is 0. The number of aromatic nitrogens is 2. The number of rotatable bonds is 4. The van der Waals surface area contributed by atoms with Crippen LogP contribution in [0.1, 0.15) is 58.0 Å². The van der Waals surface area contributed by atoms with Crippen LogP contribution in [0.4, 0.5) is 5.82 Å². The first kappa shape index (κ1) is 16.3. The van der Waals surface area contributed by atoms with E-state index in [1.54, 1.807) is 0 Å². The Kier molecular flexibility index (Phi) is 5.56. The van der Waals surface area contributed by atoms with Crippen molar-refractivity contribution < 1.29 is 0 Å². The van der Waals surface area contributed by atoms with Crippen LogP contribution in [0, 0.1) is 3.57 Å². The SMILES string of the molecule is CNc1nc(CSC2CCCC2)nc(C(C)(C)C)c1I. The molecule has 0 aromatic carbocycles. The van der Waals surface area contributed by atoms with Crippen molar-refractivity contribution in [1.82, 2.24) is 9.97 Å². The lowest BCUT2D eigenvalue weighted by Gasteiger charge is -2.22. The molecule has 1 aromatic rings. The fourth-order valence-electron chi connectivity index (χ4n) is 2.47. The van der Waals surface area contributed by atoms with Gasteiger partial charge in [0.1, 0.15) is 11.6 Å².